The largest absolute Gasteiger partial charge is 0.347 e. The summed E-state index contributed by atoms with van der Waals surface area (Å²) in [5.74, 6) is 0. The molecular weight excluding hydrogens is 204 g/mol. The van der Waals surface area contributed by atoms with E-state index in [1.165, 1.54) is 11.3 Å². The summed E-state index contributed by atoms with van der Waals surface area (Å²) < 4.78 is 0. The van der Waals surface area contributed by atoms with Crippen LogP contribution in [0.2, 0.25) is 0 Å². The molecule has 72 valence electrons. The van der Waals surface area contributed by atoms with Crippen LogP contribution in [0.25, 0.3) is 10.2 Å². The van der Waals surface area contributed by atoms with E-state index in [0.29, 0.717) is 10.2 Å². The van der Waals surface area contributed by atoms with Crippen molar-refractivity contribution in [3.8, 4) is 0 Å². The first-order valence-corrected chi connectivity index (χ1v) is 4.67. The minimum Gasteiger partial charge on any atom is -0.347 e. The SMILES string of the molecule is Cc1cc2c(=O)c([N+](=O)[O-])c[nH]c2s1. The van der Waals surface area contributed by atoms with Gasteiger partial charge in [-0.15, -0.1) is 11.3 Å². The fourth-order valence-electron chi connectivity index (χ4n) is 1.26. The van der Waals surface area contributed by atoms with Crippen LogP contribution in [0.1, 0.15) is 4.88 Å². The molecule has 0 radical (unpaired) electrons. The minimum absolute atomic E-state index is 0.390. The van der Waals surface area contributed by atoms with E-state index in [1.54, 1.807) is 6.07 Å². The zero-order valence-corrected chi connectivity index (χ0v) is 8.05. The third kappa shape index (κ3) is 1.20. The number of aromatic nitrogens is 1. The molecule has 2 rings (SSSR count). The topological polar surface area (TPSA) is 76.0 Å². The summed E-state index contributed by atoms with van der Waals surface area (Å²) in [5.41, 5.74) is -0.927. The third-order valence-corrected chi connectivity index (χ3v) is 2.85. The number of H-pyrrole nitrogens is 1. The molecule has 0 aliphatic rings. The molecule has 6 heteroatoms. The molecule has 0 bridgehead atoms. The quantitative estimate of drug-likeness (QED) is 0.576. The zero-order valence-electron chi connectivity index (χ0n) is 7.23. The highest BCUT2D eigenvalue weighted by Gasteiger charge is 2.15. The summed E-state index contributed by atoms with van der Waals surface area (Å²) in [4.78, 5) is 25.7. The molecule has 0 aliphatic heterocycles. The second-order valence-corrected chi connectivity index (χ2v) is 4.12. The van der Waals surface area contributed by atoms with Crippen LogP contribution in [0.4, 0.5) is 5.69 Å². The standard InChI is InChI=1S/C8H6N2O3S/c1-4-2-5-7(11)6(10(12)13)3-9-8(5)14-4/h2-3H,1H3,(H,9,11). The summed E-state index contributed by atoms with van der Waals surface area (Å²) in [6.45, 7) is 1.85. The van der Waals surface area contributed by atoms with Crippen molar-refractivity contribution in [2.75, 3.05) is 0 Å². The number of nitro groups is 1. The molecule has 0 fully saturated rings. The van der Waals surface area contributed by atoms with Gasteiger partial charge in [0.25, 0.3) is 5.43 Å². The lowest BCUT2D eigenvalue weighted by molar-refractivity contribution is -0.386. The Morgan fingerprint density at radius 3 is 2.93 bits per heavy atom. The Morgan fingerprint density at radius 2 is 2.29 bits per heavy atom. The van der Waals surface area contributed by atoms with Gasteiger partial charge in [-0.1, -0.05) is 0 Å². The van der Waals surface area contributed by atoms with E-state index in [2.05, 4.69) is 4.98 Å². The normalized spacial score (nSPS) is 10.6. The molecule has 2 aromatic rings. The maximum Gasteiger partial charge on any atom is 0.332 e. The van der Waals surface area contributed by atoms with Crippen LogP contribution in [-0.2, 0) is 0 Å². The molecule has 2 aromatic heterocycles. The molecule has 0 aliphatic carbocycles. The highest BCUT2D eigenvalue weighted by atomic mass is 32.1. The van der Waals surface area contributed by atoms with E-state index in [4.69, 9.17) is 0 Å². The number of nitrogens with zero attached hydrogens (tertiary/aromatic N) is 1. The Labute approximate surface area is 82.2 Å². The first-order chi connectivity index (χ1) is 6.59. The lowest BCUT2D eigenvalue weighted by Gasteiger charge is -1.90. The van der Waals surface area contributed by atoms with Gasteiger partial charge < -0.3 is 4.98 Å². The van der Waals surface area contributed by atoms with E-state index in [9.17, 15) is 14.9 Å². The minimum atomic E-state index is -0.675. The van der Waals surface area contributed by atoms with Crippen LogP contribution in [-0.4, -0.2) is 9.91 Å². The van der Waals surface area contributed by atoms with Crippen molar-refractivity contribution in [3.63, 3.8) is 0 Å². The maximum atomic E-state index is 11.5. The Kier molecular flexibility index (Phi) is 1.85. The van der Waals surface area contributed by atoms with Crippen molar-refractivity contribution in [3.05, 3.63) is 37.5 Å². The van der Waals surface area contributed by atoms with E-state index in [0.717, 1.165) is 11.1 Å². The van der Waals surface area contributed by atoms with E-state index in [-0.39, 0.29) is 0 Å². The second-order valence-electron chi connectivity index (χ2n) is 2.86. The van der Waals surface area contributed by atoms with Crippen LogP contribution in [0, 0.1) is 17.0 Å². The number of aromatic amines is 1. The molecule has 14 heavy (non-hydrogen) atoms. The number of hydrogen-bond acceptors (Lipinski definition) is 4. The van der Waals surface area contributed by atoms with Crippen LogP contribution < -0.4 is 5.43 Å². The van der Waals surface area contributed by atoms with Crippen molar-refractivity contribution in [1.82, 2.24) is 4.98 Å². The highest BCUT2D eigenvalue weighted by molar-refractivity contribution is 7.18. The van der Waals surface area contributed by atoms with Crippen molar-refractivity contribution in [2.45, 2.75) is 6.92 Å². The van der Waals surface area contributed by atoms with E-state index in [1.807, 2.05) is 6.92 Å². The summed E-state index contributed by atoms with van der Waals surface area (Å²) in [5, 5.41) is 10.9. The third-order valence-electron chi connectivity index (χ3n) is 1.87. The Morgan fingerprint density at radius 1 is 1.57 bits per heavy atom. The predicted molar refractivity (Wildman–Crippen MR) is 53.8 cm³/mol. The molecule has 0 atom stereocenters. The molecule has 0 saturated heterocycles. The van der Waals surface area contributed by atoms with E-state index >= 15 is 0 Å². The number of nitrogens with one attached hydrogen (secondary N) is 1. The molecule has 5 nitrogen and oxygen atoms in total. The lowest BCUT2D eigenvalue weighted by Crippen LogP contribution is -2.07. The Balaban J connectivity index is 2.88. The Hall–Kier alpha value is -1.69. The summed E-state index contributed by atoms with van der Waals surface area (Å²) in [7, 11) is 0. The van der Waals surface area contributed by atoms with Crippen molar-refractivity contribution < 1.29 is 4.92 Å². The molecular formula is C8H6N2O3S. The fourth-order valence-corrected chi connectivity index (χ4v) is 2.14. The first kappa shape index (κ1) is 8.89. The fraction of sp³-hybridized carbons (Fsp3) is 0.125. The number of pyridine rings is 1. The highest BCUT2D eigenvalue weighted by Crippen LogP contribution is 2.21. The van der Waals surface area contributed by atoms with Gasteiger partial charge in [0.05, 0.1) is 16.5 Å². The van der Waals surface area contributed by atoms with Gasteiger partial charge in [0.2, 0.25) is 0 Å². The number of fused-ring (bicyclic) bond motifs is 1. The van der Waals surface area contributed by atoms with Gasteiger partial charge in [-0.3, -0.25) is 14.9 Å². The van der Waals surface area contributed by atoms with Gasteiger partial charge >= 0.3 is 5.69 Å². The maximum absolute atomic E-state index is 11.5. The summed E-state index contributed by atoms with van der Waals surface area (Å²) in [6.07, 6.45) is 1.14. The van der Waals surface area contributed by atoms with Crippen LogP contribution in [0.3, 0.4) is 0 Å². The average molecular weight is 210 g/mol. The predicted octanol–water partition coefficient (Wildman–Crippen LogP) is 1.81. The summed E-state index contributed by atoms with van der Waals surface area (Å²) in [6, 6.07) is 1.66. The van der Waals surface area contributed by atoms with Gasteiger partial charge in [0, 0.05) is 4.88 Å². The van der Waals surface area contributed by atoms with Crippen molar-refractivity contribution >= 4 is 27.2 Å². The molecule has 1 N–H and O–H groups in total. The molecule has 0 spiro atoms. The molecule has 0 amide bonds. The molecule has 0 unspecified atom stereocenters. The molecule has 0 saturated carbocycles. The monoisotopic (exact) mass is 210 g/mol. The van der Waals surface area contributed by atoms with E-state index < -0.39 is 16.0 Å². The van der Waals surface area contributed by atoms with Crippen LogP contribution in [0.5, 0.6) is 0 Å². The van der Waals surface area contributed by atoms with Gasteiger partial charge in [-0.05, 0) is 13.0 Å². The molecule has 0 aromatic carbocycles. The number of rotatable bonds is 1. The smallest absolute Gasteiger partial charge is 0.332 e. The van der Waals surface area contributed by atoms with Crippen LogP contribution >= 0.6 is 11.3 Å². The second kappa shape index (κ2) is 2.91. The number of hydrogen-bond donors (Lipinski definition) is 1. The van der Waals surface area contributed by atoms with Crippen LogP contribution in [0.15, 0.2) is 17.1 Å². The van der Waals surface area contributed by atoms with Crippen molar-refractivity contribution in [2.24, 2.45) is 0 Å². The lowest BCUT2D eigenvalue weighted by atomic mass is 10.3. The Bertz CT molecular complexity index is 569. The average Bonchev–Trinajstić information content (AvgIpc) is 2.46. The van der Waals surface area contributed by atoms with Gasteiger partial charge in [0.1, 0.15) is 4.83 Å². The zero-order chi connectivity index (χ0) is 10.3. The first-order valence-electron chi connectivity index (χ1n) is 3.86. The summed E-state index contributed by atoms with van der Waals surface area (Å²) >= 11 is 1.41. The molecule has 2 heterocycles. The van der Waals surface area contributed by atoms with Crippen molar-refractivity contribution in [1.29, 1.82) is 0 Å². The van der Waals surface area contributed by atoms with Gasteiger partial charge in [-0.2, -0.15) is 0 Å². The number of aryl methyl sites for hydroxylation is 1. The van der Waals surface area contributed by atoms with Gasteiger partial charge in [0.15, 0.2) is 0 Å². The van der Waals surface area contributed by atoms with Gasteiger partial charge in [-0.25, -0.2) is 0 Å². The number of thiophene rings is 1.